The van der Waals surface area contributed by atoms with Crippen LogP contribution in [-0.2, 0) is 4.74 Å². The van der Waals surface area contributed by atoms with Crippen molar-refractivity contribution in [2.45, 2.75) is 25.3 Å². The Labute approximate surface area is 62.0 Å². The van der Waals surface area contributed by atoms with Crippen LogP contribution >= 0.6 is 0 Å². The lowest BCUT2D eigenvalue weighted by atomic mass is 9.83. The summed E-state index contributed by atoms with van der Waals surface area (Å²) < 4.78 is 38.1. The highest BCUT2D eigenvalue weighted by Gasteiger charge is 2.39. The molecule has 0 aliphatic heterocycles. The zero-order chi connectivity index (χ0) is 8.48. The summed E-state index contributed by atoms with van der Waals surface area (Å²) in [5, 5.41) is 8.47. The highest BCUT2D eigenvalue weighted by molar-refractivity contribution is 4.79. The van der Waals surface area contributed by atoms with Crippen LogP contribution in [0, 0.1) is 5.92 Å². The Morgan fingerprint density at radius 3 is 2.27 bits per heavy atom. The third-order valence-corrected chi connectivity index (χ3v) is 1.75. The number of alkyl halides is 3. The molecule has 0 amide bonds. The summed E-state index contributed by atoms with van der Waals surface area (Å²) in [6.45, 7) is -0.0439. The molecule has 11 heavy (non-hydrogen) atoms. The van der Waals surface area contributed by atoms with Crippen molar-refractivity contribution < 1.29 is 23.0 Å². The van der Waals surface area contributed by atoms with Crippen LogP contribution in [0.15, 0.2) is 0 Å². The number of rotatable bonds is 2. The minimum Gasteiger partial charge on any atom is -0.396 e. The Morgan fingerprint density at radius 2 is 1.91 bits per heavy atom. The Kier molecular flexibility index (Phi) is 2.39. The number of hydrogen-bond acceptors (Lipinski definition) is 2. The van der Waals surface area contributed by atoms with E-state index in [-0.39, 0.29) is 12.5 Å². The first-order valence-corrected chi connectivity index (χ1v) is 3.36. The average molecular weight is 170 g/mol. The zero-order valence-corrected chi connectivity index (χ0v) is 5.77. The van der Waals surface area contributed by atoms with E-state index >= 15 is 0 Å². The molecular formula is C6H9F3O2. The molecule has 0 atom stereocenters. The maximum atomic E-state index is 11.5. The fourth-order valence-electron chi connectivity index (χ4n) is 1.11. The Balaban J connectivity index is 2.14. The second kappa shape index (κ2) is 2.98. The minimum absolute atomic E-state index is 0.00218. The van der Waals surface area contributed by atoms with Crippen LogP contribution in [0.5, 0.6) is 0 Å². The molecule has 0 bridgehead atoms. The van der Waals surface area contributed by atoms with Crippen LogP contribution in [0.3, 0.4) is 0 Å². The third kappa shape index (κ3) is 2.67. The van der Waals surface area contributed by atoms with Gasteiger partial charge in [-0.15, -0.1) is 13.2 Å². The van der Waals surface area contributed by atoms with Gasteiger partial charge < -0.3 is 5.11 Å². The first-order valence-electron chi connectivity index (χ1n) is 3.36. The lowest BCUT2D eigenvalue weighted by Gasteiger charge is -2.33. The van der Waals surface area contributed by atoms with Crippen LogP contribution in [0.4, 0.5) is 13.2 Å². The van der Waals surface area contributed by atoms with Crippen molar-refractivity contribution in [1.29, 1.82) is 0 Å². The van der Waals surface area contributed by atoms with Crippen LogP contribution in [0.25, 0.3) is 0 Å². The van der Waals surface area contributed by atoms with E-state index in [0.29, 0.717) is 12.8 Å². The first kappa shape index (κ1) is 8.80. The van der Waals surface area contributed by atoms with Gasteiger partial charge in [-0.25, -0.2) is 0 Å². The largest absolute Gasteiger partial charge is 0.522 e. The van der Waals surface area contributed by atoms with Gasteiger partial charge in [-0.3, -0.25) is 4.74 Å². The van der Waals surface area contributed by atoms with E-state index in [2.05, 4.69) is 4.74 Å². The van der Waals surface area contributed by atoms with E-state index in [9.17, 15) is 13.2 Å². The number of halogens is 3. The van der Waals surface area contributed by atoms with Gasteiger partial charge in [0.15, 0.2) is 0 Å². The smallest absolute Gasteiger partial charge is 0.396 e. The van der Waals surface area contributed by atoms with E-state index in [4.69, 9.17) is 5.11 Å². The molecular weight excluding hydrogens is 161 g/mol. The molecule has 5 heteroatoms. The van der Waals surface area contributed by atoms with E-state index < -0.39 is 12.5 Å². The fourth-order valence-corrected chi connectivity index (χ4v) is 1.11. The number of ether oxygens (including phenoxy) is 1. The fraction of sp³-hybridized carbons (Fsp3) is 1.00. The van der Waals surface area contributed by atoms with E-state index in [1.807, 2.05) is 0 Å². The second-order valence-corrected chi connectivity index (χ2v) is 2.71. The summed E-state index contributed by atoms with van der Waals surface area (Å²) >= 11 is 0. The lowest BCUT2D eigenvalue weighted by Crippen LogP contribution is -2.37. The Bertz CT molecular complexity index is 128. The first-order chi connectivity index (χ1) is 5.01. The van der Waals surface area contributed by atoms with Crippen molar-refractivity contribution in [2.75, 3.05) is 6.61 Å². The van der Waals surface area contributed by atoms with Gasteiger partial charge in [0.2, 0.25) is 0 Å². The van der Waals surface area contributed by atoms with Crippen molar-refractivity contribution in [2.24, 2.45) is 5.92 Å². The van der Waals surface area contributed by atoms with Gasteiger partial charge in [-0.05, 0) is 18.8 Å². The predicted molar refractivity (Wildman–Crippen MR) is 30.7 cm³/mol. The molecule has 1 N–H and O–H groups in total. The summed E-state index contributed by atoms with van der Waals surface area (Å²) in [5.41, 5.74) is 0. The minimum atomic E-state index is -4.52. The standard InChI is InChI=1S/C6H9F3O2/c7-6(8,9)11-5-1-4(2-5)3-10/h4-5,10H,1-3H2/t4-,5+. The molecule has 0 heterocycles. The summed E-state index contributed by atoms with van der Waals surface area (Å²) in [5.74, 6) is 0.00218. The van der Waals surface area contributed by atoms with Crippen LogP contribution < -0.4 is 0 Å². The SMILES string of the molecule is OC[C@H]1C[C@@H](OC(F)(F)F)C1. The highest BCUT2D eigenvalue weighted by atomic mass is 19.4. The van der Waals surface area contributed by atoms with Crippen molar-refractivity contribution in [3.8, 4) is 0 Å². The summed E-state index contributed by atoms with van der Waals surface area (Å²) in [6, 6.07) is 0. The molecule has 0 spiro atoms. The van der Waals surface area contributed by atoms with Crippen molar-refractivity contribution in [1.82, 2.24) is 0 Å². The molecule has 1 aliphatic carbocycles. The average Bonchev–Trinajstić information content (AvgIpc) is 1.75. The summed E-state index contributed by atoms with van der Waals surface area (Å²) in [6.07, 6.45) is -4.62. The quantitative estimate of drug-likeness (QED) is 0.676. The van der Waals surface area contributed by atoms with Crippen LogP contribution in [-0.4, -0.2) is 24.2 Å². The normalized spacial score (nSPS) is 31.6. The molecule has 1 rings (SSSR count). The van der Waals surface area contributed by atoms with Crippen molar-refractivity contribution >= 4 is 0 Å². The molecule has 0 unspecified atom stereocenters. The van der Waals surface area contributed by atoms with Gasteiger partial charge in [-0.2, -0.15) is 0 Å². The molecule has 2 nitrogen and oxygen atoms in total. The second-order valence-electron chi connectivity index (χ2n) is 2.71. The molecule has 0 aromatic heterocycles. The maximum absolute atomic E-state index is 11.5. The number of hydrogen-bond donors (Lipinski definition) is 1. The molecule has 1 saturated carbocycles. The highest BCUT2D eigenvalue weighted by Crippen LogP contribution is 2.34. The van der Waals surface area contributed by atoms with Gasteiger partial charge in [0.25, 0.3) is 0 Å². The molecule has 0 aromatic rings. The van der Waals surface area contributed by atoms with Gasteiger partial charge >= 0.3 is 6.36 Å². The molecule has 1 fully saturated rings. The molecule has 0 saturated heterocycles. The maximum Gasteiger partial charge on any atom is 0.522 e. The lowest BCUT2D eigenvalue weighted by molar-refractivity contribution is -0.354. The Morgan fingerprint density at radius 1 is 1.36 bits per heavy atom. The van der Waals surface area contributed by atoms with Gasteiger partial charge in [0.05, 0.1) is 6.10 Å². The predicted octanol–water partition coefficient (Wildman–Crippen LogP) is 1.29. The summed E-state index contributed by atoms with van der Waals surface area (Å²) in [7, 11) is 0. The van der Waals surface area contributed by atoms with Crippen molar-refractivity contribution in [3.63, 3.8) is 0 Å². The topological polar surface area (TPSA) is 29.5 Å². The monoisotopic (exact) mass is 170 g/mol. The number of aliphatic hydroxyl groups excluding tert-OH is 1. The number of aliphatic hydroxyl groups is 1. The molecule has 66 valence electrons. The van der Waals surface area contributed by atoms with Crippen LogP contribution in [0.2, 0.25) is 0 Å². The zero-order valence-electron chi connectivity index (χ0n) is 5.77. The summed E-state index contributed by atoms with van der Waals surface area (Å²) in [4.78, 5) is 0. The Hall–Kier alpha value is -0.290. The molecule has 1 aliphatic rings. The van der Waals surface area contributed by atoms with E-state index in [0.717, 1.165) is 0 Å². The van der Waals surface area contributed by atoms with E-state index in [1.165, 1.54) is 0 Å². The van der Waals surface area contributed by atoms with Gasteiger partial charge in [-0.1, -0.05) is 0 Å². The molecule has 0 aromatic carbocycles. The van der Waals surface area contributed by atoms with Gasteiger partial charge in [0.1, 0.15) is 0 Å². The van der Waals surface area contributed by atoms with Gasteiger partial charge in [0, 0.05) is 6.61 Å². The van der Waals surface area contributed by atoms with Crippen molar-refractivity contribution in [3.05, 3.63) is 0 Å². The molecule has 0 radical (unpaired) electrons. The van der Waals surface area contributed by atoms with Crippen LogP contribution in [0.1, 0.15) is 12.8 Å². The third-order valence-electron chi connectivity index (χ3n) is 1.75. The van der Waals surface area contributed by atoms with E-state index in [1.54, 1.807) is 0 Å².